The second-order valence-electron chi connectivity index (χ2n) is 9.05. The Morgan fingerprint density at radius 3 is 2.61 bits per heavy atom. The summed E-state index contributed by atoms with van der Waals surface area (Å²) in [4.78, 5) is 39.0. The molecule has 1 aromatic carbocycles. The number of carbonyl (C=O) groups excluding carboxylic acids is 2. The van der Waals surface area contributed by atoms with Crippen LogP contribution in [-0.4, -0.2) is 51.4 Å². The maximum Gasteiger partial charge on any atom is 0.254 e. The molecule has 0 saturated carbocycles. The molecular formula is C27H30FN5O2S. The largest absolute Gasteiger partial charge is 0.355 e. The average molecular weight is 508 g/mol. The van der Waals surface area contributed by atoms with Crippen molar-refractivity contribution >= 4 is 28.7 Å². The quantitative estimate of drug-likeness (QED) is 0.573. The first-order valence-corrected chi connectivity index (χ1v) is 12.8. The van der Waals surface area contributed by atoms with Crippen LogP contribution >= 0.6 is 11.8 Å². The van der Waals surface area contributed by atoms with Gasteiger partial charge in [0.2, 0.25) is 5.91 Å². The Morgan fingerprint density at radius 2 is 1.94 bits per heavy atom. The summed E-state index contributed by atoms with van der Waals surface area (Å²) >= 11 is 1.42. The molecule has 0 saturated heterocycles. The second kappa shape index (κ2) is 11.1. The van der Waals surface area contributed by atoms with Gasteiger partial charge in [-0.25, -0.2) is 9.38 Å². The predicted octanol–water partition coefficient (Wildman–Crippen LogP) is 4.41. The molecule has 1 N–H and O–H groups in total. The number of thioether (sulfide) groups is 1. The van der Waals surface area contributed by atoms with E-state index in [0.717, 1.165) is 17.0 Å². The van der Waals surface area contributed by atoms with Gasteiger partial charge in [-0.15, -0.1) is 0 Å². The first-order valence-electron chi connectivity index (χ1n) is 11.9. The number of nitrogens with zero attached hydrogens (tertiary/aromatic N) is 4. The van der Waals surface area contributed by atoms with Gasteiger partial charge < -0.3 is 15.1 Å². The number of amidine groups is 1. The number of hydrogen-bond acceptors (Lipinski definition) is 6. The summed E-state index contributed by atoms with van der Waals surface area (Å²) < 4.78 is 13.8. The fourth-order valence-corrected chi connectivity index (χ4v) is 5.10. The van der Waals surface area contributed by atoms with Crippen LogP contribution in [0.4, 0.5) is 4.39 Å². The summed E-state index contributed by atoms with van der Waals surface area (Å²) in [6.07, 6.45) is 2.50. The van der Waals surface area contributed by atoms with Gasteiger partial charge in [0.15, 0.2) is 5.17 Å². The highest BCUT2D eigenvalue weighted by molar-refractivity contribution is 8.16. The zero-order chi connectivity index (χ0) is 25.8. The van der Waals surface area contributed by atoms with E-state index in [4.69, 9.17) is 4.99 Å². The molecule has 1 atom stereocenters. The molecule has 2 aromatic rings. The van der Waals surface area contributed by atoms with E-state index in [1.807, 2.05) is 49.3 Å². The van der Waals surface area contributed by atoms with E-state index in [-0.39, 0.29) is 30.1 Å². The number of nitrogens with one attached hydrogen (secondary N) is 1. The molecule has 3 heterocycles. The normalized spacial score (nSPS) is 17.1. The standard InChI is InChI=1S/C27H30FN5O2S/c1-17(2)32(4)26(35)24-18(3)31-27-33(25(24)19-8-10-20(28)11-9-19)22(16-36-27)15-23(34)30-14-12-21-7-5-6-13-29-21/h5-11,13,16-17,25H,12,14-15H2,1-4H3,(H,30,34)/t25-/m1/s1. The number of aliphatic imine (C=N–C) groups is 1. The second-order valence-corrected chi connectivity index (χ2v) is 9.89. The molecule has 0 radical (unpaired) electrons. The van der Waals surface area contributed by atoms with Crippen LogP contribution in [0, 0.1) is 5.82 Å². The molecule has 0 fully saturated rings. The Morgan fingerprint density at radius 1 is 1.19 bits per heavy atom. The van der Waals surface area contributed by atoms with Crippen molar-refractivity contribution in [2.24, 2.45) is 4.99 Å². The fraction of sp³-hybridized carbons (Fsp3) is 0.333. The zero-order valence-electron chi connectivity index (χ0n) is 20.9. The zero-order valence-corrected chi connectivity index (χ0v) is 21.7. The number of likely N-dealkylation sites (N-methyl/N-ethyl adjacent to an activating group) is 1. The summed E-state index contributed by atoms with van der Waals surface area (Å²) in [5.74, 6) is -0.624. The highest BCUT2D eigenvalue weighted by Gasteiger charge is 2.41. The highest BCUT2D eigenvalue weighted by atomic mass is 32.2. The minimum Gasteiger partial charge on any atom is -0.355 e. The Bertz CT molecular complexity index is 1220. The number of rotatable bonds is 8. The van der Waals surface area contributed by atoms with Gasteiger partial charge in [-0.1, -0.05) is 30.0 Å². The lowest BCUT2D eigenvalue weighted by molar-refractivity contribution is -0.128. The summed E-state index contributed by atoms with van der Waals surface area (Å²) in [6, 6.07) is 11.3. The molecule has 1 aromatic heterocycles. The molecule has 4 rings (SSSR count). The maximum absolute atomic E-state index is 13.8. The van der Waals surface area contributed by atoms with Crippen LogP contribution in [0.2, 0.25) is 0 Å². The van der Waals surface area contributed by atoms with Crippen LogP contribution in [0.3, 0.4) is 0 Å². The van der Waals surface area contributed by atoms with Crippen LogP contribution in [0.15, 0.2) is 76.0 Å². The number of benzene rings is 1. The van der Waals surface area contributed by atoms with Gasteiger partial charge in [0.05, 0.1) is 23.7 Å². The molecule has 2 aliphatic rings. The van der Waals surface area contributed by atoms with Crippen molar-refractivity contribution in [1.82, 2.24) is 20.1 Å². The van der Waals surface area contributed by atoms with Crippen molar-refractivity contribution in [2.75, 3.05) is 13.6 Å². The number of fused-ring (bicyclic) bond motifs is 1. The number of allylic oxidation sites excluding steroid dienone is 1. The van der Waals surface area contributed by atoms with Crippen molar-refractivity contribution in [2.45, 2.75) is 45.7 Å². The topological polar surface area (TPSA) is 77.9 Å². The molecule has 0 bridgehead atoms. The molecule has 0 unspecified atom stereocenters. The molecule has 0 aliphatic carbocycles. The highest BCUT2D eigenvalue weighted by Crippen LogP contribution is 2.45. The third-order valence-electron chi connectivity index (χ3n) is 6.28. The molecule has 7 nitrogen and oxygen atoms in total. The van der Waals surface area contributed by atoms with E-state index in [2.05, 4.69) is 10.3 Å². The number of pyridine rings is 1. The van der Waals surface area contributed by atoms with Crippen molar-refractivity contribution in [3.63, 3.8) is 0 Å². The molecule has 2 amide bonds. The van der Waals surface area contributed by atoms with Gasteiger partial charge in [0.1, 0.15) is 5.82 Å². The monoisotopic (exact) mass is 507 g/mol. The van der Waals surface area contributed by atoms with Crippen molar-refractivity contribution < 1.29 is 14.0 Å². The number of halogens is 1. The molecular weight excluding hydrogens is 477 g/mol. The van der Waals surface area contributed by atoms with E-state index in [1.165, 1.54) is 23.9 Å². The number of aromatic nitrogens is 1. The summed E-state index contributed by atoms with van der Waals surface area (Å²) in [6.45, 7) is 6.20. The van der Waals surface area contributed by atoms with Gasteiger partial charge in [0, 0.05) is 43.6 Å². The molecule has 188 valence electrons. The fourth-order valence-electron chi connectivity index (χ4n) is 4.13. The Balaban J connectivity index is 1.58. The van der Waals surface area contributed by atoms with E-state index in [9.17, 15) is 14.0 Å². The van der Waals surface area contributed by atoms with Crippen LogP contribution in [0.5, 0.6) is 0 Å². The van der Waals surface area contributed by atoms with Crippen LogP contribution in [-0.2, 0) is 16.0 Å². The van der Waals surface area contributed by atoms with Crippen LogP contribution in [0.1, 0.15) is 44.5 Å². The number of amides is 2. The average Bonchev–Trinajstić information content (AvgIpc) is 3.25. The molecule has 36 heavy (non-hydrogen) atoms. The predicted molar refractivity (Wildman–Crippen MR) is 140 cm³/mol. The smallest absolute Gasteiger partial charge is 0.254 e. The Labute approximate surface area is 215 Å². The van der Waals surface area contributed by atoms with Gasteiger partial charge in [-0.2, -0.15) is 0 Å². The van der Waals surface area contributed by atoms with Crippen LogP contribution in [0.25, 0.3) is 0 Å². The van der Waals surface area contributed by atoms with Gasteiger partial charge in [0.25, 0.3) is 5.91 Å². The van der Waals surface area contributed by atoms with Gasteiger partial charge in [-0.05, 0) is 56.0 Å². The third kappa shape index (κ3) is 5.51. The Hall–Kier alpha value is -3.46. The Kier molecular flexibility index (Phi) is 7.88. The summed E-state index contributed by atoms with van der Waals surface area (Å²) in [5.41, 5.74) is 3.55. The molecule has 2 aliphatic heterocycles. The lowest BCUT2D eigenvalue weighted by Crippen LogP contribution is -2.42. The van der Waals surface area contributed by atoms with Crippen molar-refractivity contribution in [3.8, 4) is 0 Å². The van der Waals surface area contributed by atoms with E-state index >= 15 is 0 Å². The molecule has 0 spiro atoms. The summed E-state index contributed by atoms with van der Waals surface area (Å²) in [7, 11) is 1.76. The molecule has 9 heteroatoms. The SMILES string of the molecule is CC1=C(C(=O)N(C)C(C)C)[C@@H](c2ccc(F)cc2)N2C(CC(=O)NCCc3ccccn3)=CSC2=N1. The van der Waals surface area contributed by atoms with E-state index in [0.29, 0.717) is 29.4 Å². The van der Waals surface area contributed by atoms with Crippen molar-refractivity contribution in [1.29, 1.82) is 0 Å². The lowest BCUT2D eigenvalue weighted by Gasteiger charge is -2.38. The first-order chi connectivity index (χ1) is 17.3. The van der Waals surface area contributed by atoms with Crippen LogP contribution < -0.4 is 5.32 Å². The van der Waals surface area contributed by atoms with Gasteiger partial charge >= 0.3 is 0 Å². The maximum atomic E-state index is 13.8. The number of hydrogen-bond donors (Lipinski definition) is 1. The van der Waals surface area contributed by atoms with Crippen molar-refractivity contribution in [3.05, 3.63) is 88.1 Å². The lowest BCUT2D eigenvalue weighted by atomic mass is 9.92. The first kappa shape index (κ1) is 25.6. The minimum absolute atomic E-state index is 0.00936. The van der Waals surface area contributed by atoms with E-state index < -0.39 is 6.04 Å². The minimum atomic E-state index is -0.519. The number of carbonyl (C=O) groups is 2. The summed E-state index contributed by atoms with van der Waals surface area (Å²) in [5, 5.41) is 5.56. The van der Waals surface area contributed by atoms with E-state index in [1.54, 1.807) is 30.3 Å². The third-order valence-corrected chi connectivity index (χ3v) is 7.17. The van der Waals surface area contributed by atoms with Gasteiger partial charge in [-0.3, -0.25) is 14.6 Å².